The summed E-state index contributed by atoms with van der Waals surface area (Å²) >= 11 is 1.45. The maximum Gasteiger partial charge on any atom is 0.242 e. The average Bonchev–Trinajstić information content (AvgIpc) is 3.45. The van der Waals surface area contributed by atoms with Crippen LogP contribution in [0.25, 0.3) is 0 Å². The van der Waals surface area contributed by atoms with Crippen molar-refractivity contribution >= 4 is 33.6 Å². The van der Waals surface area contributed by atoms with Crippen molar-refractivity contribution in [3.8, 4) is 6.07 Å². The highest BCUT2D eigenvalue weighted by Crippen LogP contribution is 2.36. The van der Waals surface area contributed by atoms with E-state index in [0.29, 0.717) is 25.1 Å². The molecular formula is C17H23N5O4S2. The van der Waals surface area contributed by atoms with Crippen LogP contribution in [0.15, 0.2) is 11.5 Å². The maximum atomic E-state index is 12.8. The van der Waals surface area contributed by atoms with Gasteiger partial charge in [0.1, 0.15) is 23.4 Å². The van der Waals surface area contributed by atoms with Crippen molar-refractivity contribution in [1.29, 1.82) is 5.26 Å². The number of nitrogens with two attached hydrogens (primary N) is 1. The molecule has 11 heteroatoms. The van der Waals surface area contributed by atoms with Crippen LogP contribution in [-0.2, 0) is 19.6 Å². The van der Waals surface area contributed by atoms with Crippen LogP contribution >= 0.6 is 11.8 Å². The maximum absolute atomic E-state index is 12.8. The van der Waals surface area contributed by atoms with E-state index in [1.165, 1.54) is 21.0 Å². The zero-order valence-electron chi connectivity index (χ0n) is 15.3. The number of likely N-dealkylation sites (tertiary alicyclic amines) is 2. The minimum Gasteiger partial charge on any atom is -0.335 e. The summed E-state index contributed by atoms with van der Waals surface area (Å²) in [6.07, 6.45) is 3.52. The fraction of sp³-hybridized carbons (Fsp3) is 0.706. The Hall–Kier alpha value is -1.61. The van der Waals surface area contributed by atoms with Crippen molar-refractivity contribution in [2.24, 2.45) is 5.73 Å². The number of carbonyl (C=O) groups is 2. The van der Waals surface area contributed by atoms with Crippen LogP contribution < -0.4 is 5.73 Å². The van der Waals surface area contributed by atoms with Crippen LogP contribution in [0.1, 0.15) is 19.3 Å². The van der Waals surface area contributed by atoms with Crippen LogP contribution in [0.3, 0.4) is 0 Å². The Kier molecular flexibility index (Phi) is 5.16. The zero-order valence-corrected chi connectivity index (χ0v) is 16.9. The number of hydrogen-bond donors (Lipinski definition) is 1. The first-order valence-electron chi connectivity index (χ1n) is 9.39. The third-order valence-electron chi connectivity index (χ3n) is 6.00. The molecule has 1 unspecified atom stereocenters. The van der Waals surface area contributed by atoms with Gasteiger partial charge in [0, 0.05) is 31.4 Å². The lowest BCUT2D eigenvalue weighted by Gasteiger charge is -2.35. The molecule has 2 N–H and O–H groups in total. The van der Waals surface area contributed by atoms with Crippen molar-refractivity contribution < 1.29 is 18.0 Å². The fourth-order valence-corrected chi connectivity index (χ4v) is 7.77. The van der Waals surface area contributed by atoms with Gasteiger partial charge in [-0.15, -0.1) is 11.8 Å². The SMILES string of the molecule is N#C[C@@H]1CCCN1C(=O)[C@@H](N)CN1C(=O)[C@@H]2C[C@H]1CN2S(=O)(=O)C1C=CSC1. The highest BCUT2D eigenvalue weighted by Gasteiger charge is 2.55. The fourth-order valence-electron chi connectivity index (χ4n) is 4.50. The van der Waals surface area contributed by atoms with E-state index in [4.69, 9.17) is 11.0 Å². The molecule has 152 valence electrons. The number of carbonyl (C=O) groups excluding carboxylic acids is 2. The highest BCUT2D eigenvalue weighted by molar-refractivity contribution is 8.03. The summed E-state index contributed by atoms with van der Waals surface area (Å²) in [7, 11) is -3.56. The van der Waals surface area contributed by atoms with Crippen LogP contribution in [0, 0.1) is 11.3 Å². The topological polar surface area (TPSA) is 128 Å². The summed E-state index contributed by atoms with van der Waals surface area (Å²) in [5.74, 6) is -0.128. The number of hydrogen-bond acceptors (Lipinski definition) is 7. The Labute approximate surface area is 168 Å². The molecule has 3 fully saturated rings. The van der Waals surface area contributed by atoms with Gasteiger partial charge in [0.15, 0.2) is 0 Å². The molecule has 0 saturated carbocycles. The molecule has 0 aliphatic carbocycles. The quantitative estimate of drug-likeness (QED) is 0.603. The number of rotatable bonds is 5. The van der Waals surface area contributed by atoms with E-state index in [9.17, 15) is 18.0 Å². The van der Waals surface area contributed by atoms with Gasteiger partial charge in [-0.2, -0.15) is 9.57 Å². The molecule has 4 rings (SSSR count). The van der Waals surface area contributed by atoms with E-state index >= 15 is 0 Å². The number of piperazine rings is 1. The zero-order chi connectivity index (χ0) is 20.1. The van der Waals surface area contributed by atoms with Gasteiger partial charge in [-0.05, 0) is 24.7 Å². The Morgan fingerprint density at radius 3 is 2.89 bits per heavy atom. The predicted molar refractivity (Wildman–Crippen MR) is 103 cm³/mol. The molecule has 0 aromatic heterocycles. The Morgan fingerprint density at radius 2 is 2.25 bits per heavy atom. The van der Waals surface area contributed by atoms with Crippen LogP contribution in [-0.4, -0.2) is 89.1 Å². The van der Waals surface area contributed by atoms with Crippen LogP contribution in [0.5, 0.6) is 0 Å². The molecule has 0 radical (unpaired) electrons. The van der Waals surface area contributed by atoms with Crippen molar-refractivity contribution in [1.82, 2.24) is 14.1 Å². The molecule has 0 spiro atoms. The van der Waals surface area contributed by atoms with E-state index < -0.39 is 33.4 Å². The molecule has 4 aliphatic heterocycles. The lowest BCUT2D eigenvalue weighted by atomic mass is 10.2. The standard InChI is InChI=1S/C17H23N5O4S2/c18-7-11-2-1-4-20(11)16(23)14(19)9-21-12-6-15(17(21)24)22(8-12)28(25,26)13-3-5-27-10-13/h3,5,11-15H,1-2,4,6,8-10,19H2/t11-,12-,13?,14-,15-/m0/s1. The molecule has 4 heterocycles. The number of sulfonamides is 1. The minimum atomic E-state index is -3.56. The number of thioether (sulfide) groups is 1. The molecule has 9 nitrogen and oxygen atoms in total. The van der Waals surface area contributed by atoms with E-state index in [1.54, 1.807) is 16.4 Å². The monoisotopic (exact) mass is 425 g/mol. The van der Waals surface area contributed by atoms with Gasteiger partial charge >= 0.3 is 0 Å². The van der Waals surface area contributed by atoms with Crippen LogP contribution in [0.4, 0.5) is 0 Å². The Morgan fingerprint density at radius 1 is 1.46 bits per heavy atom. The molecule has 3 saturated heterocycles. The van der Waals surface area contributed by atoms with E-state index in [2.05, 4.69) is 6.07 Å². The first-order chi connectivity index (χ1) is 13.3. The lowest BCUT2D eigenvalue weighted by molar-refractivity contribution is -0.137. The molecular weight excluding hydrogens is 402 g/mol. The normalized spacial score (nSPS) is 33.6. The van der Waals surface area contributed by atoms with Crippen molar-refractivity contribution in [3.05, 3.63) is 11.5 Å². The van der Waals surface area contributed by atoms with E-state index in [0.717, 1.165) is 6.42 Å². The second-order valence-electron chi connectivity index (χ2n) is 7.64. The number of nitrogens with zero attached hydrogens (tertiary/aromatic N) is 4. The summed E-state index contributed by atoms with van der Waals surface area (Å²) in [4.78, 5) is 28.5. The minimum absolute atomic E-state index is 0.0561. The number of fused-ring (bicyclic) bond motifs is 2. The van der Waals surface area contributed by atoms with Gasteiger partial charge in [0.2, 0.25) is 21.8 Å². The van der Waals surface area contributed by atoms with Gasteiger partial charge in [-0.1, -0.05) is 6.08 Å². The van der Waals surface area contributed by atoms with Crippen molar-refractivity contribution in [2.45, 2.75) is 48.7 Å². The third-order valence-corrected chi connectivity index (χ3v) is 9.26. The smallest absolute Gasteiger partial charge is 0.242 e. The van der Waals surface area contributed by atoms with Gasteiger partial charge in [-0.3, -0.25) is 9.59 Å². The summed E-state index contributed by atoms with van der Waals surface area (Å²) in [5, 5.41) is 10.4. The van der Waals surface area contributed by atoms with Crippen molar-refractivity contribution in [3.63, 3.8) is 0 Å². The second kappa shape index (κ2) is 7.33. The molecule has 2 bridgehead atoms. The second-order valence-corrected chi connectivity index (χ2v) is 10.7. The van der Waals surface area contributed by atoms with E-state index in [-0.39, 0.29) is 30.9 Å². The molecule has 28 heavy (non-hydrogen) atoms. The van der Waals surface area contributed by atoms with Gasteiger partial charge in [0.25, 0.3) is 0 Å². The number of amides is 2. The van der Waals surface area contributed by atoms with Crippen molar-refractivity contribution in [2.75, 3.05) is 25.4 Å². The molecule has 5 atom stereocenters. The summed E-state index contributed by atoms with van der Waals surface area (Å²) in [5.41, 5.74) is 6.07. The predicted octanol–water partition coefficient (Wildman–Crippen LogP) is -0.928. The highest BCUT2D eigenvalue weighted by atomic mass is 32.2. The number of nitriles is 1. The molecule has 0 aromatic rings. The van der Waals surface area contributed by atoms with Gasteiger partial charge in [-0.25, -0.2) is 8.42 Å². The third kappa shape index (κ3) is 3.12. The lowest BCUT2D eigenvalue weighted by Crippen LogP contribution is -2.58. The summed E-state index contributed by atoms with van der Waals surface area (Å²) < 4.78 is 27.0. The molecule has 4 aliphatic rings. The van der Waals surface area contributed by atoms with Gasteiger partial charge in [0.05, 0.1) is 6.07 Å². The molecule has 0 aromatic carbocycles. The van der Waals surface area contributed by atoms with Crippen LogP contribution in [0.2, 0.25) is 0 Å². The first-order valence-corrected chi connectivity index (χ1v) is 11.9. The largest absolute Gasteiger partial charge is 0.335 e. The van der Waals surface area contributed by atoms with Gasteiger partial charge < -0.3 is 15.5 Å². The summed E-state index contributed by atoms with van der Waals surface area (Å²) in [6.45, 7) is 0.809. The first kappa shape index (κ1) is 19.7. The Bertz CT molecular complexity index is 854. The Balaban J connectivity index is 1.41. The molecule has 2 amide bonds. The van der Waals surface area contributed by atoms with E-state index in [1.807, 2.05) is 0 Å². The summed E-state index contributed by atoms with van der Waals surface area (Å²) in [6, 6.07) is -0.200. The average molecular weight is 426 g/mol.